The van der Waals surface area contributed by atoms with Gasteiger partial charge in [0.2, 0.25) is 0 Å². The van der Waals surface area contributed by atoms with Crippen molar-refractivity contribution in [3.05, 3.63) is 35.2 Å². The highest BCUT2D eigenvalue weighted by molar-refractivity contribution is 6.30. The zero-order chi connectivity index (χ0) is 13.9. The minimum absolute atomic E-state index is 0.104. The molecule has 108 valence electrons. The molecule has 0 aliphatic heterocycles. The molecular formula is C15H20ClN3O. The molecule has 2 aromatic rings. The SMILES string of the molecule is OC1CCCC(CNCc2cn3cc(Cl)ccc3n2)C1. The smallest absolute Gasteiger partial charge is 0.137 e. The molecule has 1 saturated carbocycles. The number of aliphatic hydroxyl groups excluding tert-OH is 1. The first-order valence-corrected chi connectivity index (χ1v) is 7.60. The summed E-state index contributed by atoms with van der Waals surface area (Å²) in [6.07, 6.45) is 8.00. The van der Waals surface area contributed by atoms with Gasteiger partial charge < -0.3 is 14.8 Å². The van der Waals surface area contributed by atoms with Gasteiger partial charge in [-0.25, -0.2) is 4.98 Å². The van der Waals surface area contributed by atoms with Gasteiger partial charge in [0.1, 0.15) is 5.65 Å². The van der Waals surface area contributed by atoms with Crippen LogP contribution in [0.4, 0.5) is 0 Å². The molecule has 1 fully saturated rings. The first-order chi connectivity index (χ1) is 9.70. The molecule has 5 heteroatoms. The third-order valence-corrected chi connectivity index (χ3v) is 4.18. The van der Waals surface area contributed by atoms with E-state index in [-0.39, 0.29) is 6.10 Å². The highest BCUT2D eigenvalue weighted by Gasteiger charge is 2.19. The van der Waals surface area contributed by atoms with Gasteiger partial charge >= 0.3 is 0 Å². The van der Waals surface area contributed by atoms with Gasteiger partial charge in [0, 0.05) is 18.9 Å². The Labute approximate surface area is 123 Å². The van der Waals surface area contributed by atoms with Gasteiger partial charge in [-0.05, 0) is 43.9 Å². The van der Waals surface area contributed by atoms with Crippen LogP contribution in [0, 0.1) is 5.92 Å². The lowest BCUT2D eigenvalue weighted by atomic mass is 9.87. The number of nitrogens with one attached hydrogen (secondary N) is 1. The Morgan fingerprint density at radius 1 is 1.35 bits per heavy atom. The minimum atomic E-state index is -0.104. The van der Waals surface area contributed by atoms with Gasteiger partial charge in [0.05, 0.1) is 16.8 Å². The van der Waals surface area contributed by atoms with Crippen molar-refractivity contribution in [2.45, 2.75) is 38.3 Å². The fraction of sp³-hybridized carbons (Fsp3) is 0.533. The molecule has 2 atom stereocenters. The lowest BCUT2D eigenvalue weighted by Gasteiger charge is -2.25. The van der Waals surface area contributed by atoms with Crippen molar-refractivity contribution in [3.63, 3.8) is 0 Å². The van der Waals surface area contributed by atoms with Crippen molar-refractivity contribution < 1.29 is 5.11 Å². The largest absolute Gasteiger partial charge is 0.393 e. The number of halogens is 1. The van der Waals surface area contributed by atoms with Crippen LogP contribution in [0.15, 0.2) is 24.5 Å². The summed E-state index contributed by atoms with van der Waals surface area (Å²) in [5, 5.41) is 13.8. The van der Waals surface area contributed by atoms with E-state index < -0.39 is 0 Å². The molecule has 0 saturated heterocycles. The van der Waals surface area contributed by atoms with Crippen LogP contribution < -0.4 is 5.32 Å². The quantitative estimate of drug-likeness (QED) is 0.911. The van der Waals surface area contributed by atoms with Crippen LogP contribution in [0.5, 0.6) is 0 Å². The first kappa shape index (κ1) is 13.9. The van der Waals surface area contributed by atoms with Crippen LogP contribution >= 0.6 is 11.6 Å². The van der Waals surface area contributed by atoms with E-state index in [0.29, 0.717) is 10.9 Å². The maximum absolute atomic E-state index is 9.66. The maximum atomic E-state index is 9.66. The minimum Gasteiger partial charge on any atom is -0.393 e. The summed E-state index contributed by atoms with van der Waals surface area (Å²) in [4.78, 5) is 4.54. The number of hydrogen-bond acceptors (Lipinski definition) is 3. The van der Waals surface area contributed by atoms with Crippen LogP contribution in [0.1, 0.15) is 31.4 Å². The third-order valence-electron chi connectivity index (χ3n) is 3.96. The lowest BCUT2D eigenvalue weighted by Crippen LogP contribution is -2.28. The number of aromatic nitrogens is 2. The summed E-state index contributed by atoms with van der Waals surface area (Å²) in [7, 11) is 0. The van der Waals surface area contributed by atoms with Crippen LogP contribution in [-0.4, -0.2) is 27.1 Å². The van der Waals surface area contributed by atoms with Crippen molar-refractivity contribution in [2.75, 3.05) is 6.54 Å². The average molecular weight is 294 g/mol. The molecule has 2 aromatic heterocycles. The highest BCUT2D eigenvalue weighted by Crippen LogP contribution is 2.23. The van der Waals surface area contributed by atoms with E-state index in [1.807, 2.05) is 28.9 Å². The molecule has 0 amide bonds. The van der Waals surface area contributed by atoms with Crippen molar-refractivity contribution in [1.29, 1.82) is 0 Å². The number of rotatable bonds is 4. The number of aliphatic hydroxyl groups is 1. The topological polar surface area (TPSA) is 49.6 Å². The molecule has 1 aliphatic carbocycles. The predicted molar refractivity (Wildman–Crippen MR) is 79.9 cm³/mol. The molecule has 0 radical (unpaired) electrons. The Kier molecular flexibility index (Phi) is 4.24. The second-order valence-corrected chi connectivity index (χ2v) is 6.10. The summed E-state index contributed by atoms with van der Waals surface area (Å²) in [6.45, 7) is 1.71. The highest BCUT2D eigenvalue weighted by atomic mass is 35.5. The maximum Gasteiger partial charge on any atom is 0.137 e. The van der Waals surface area contributed by atoms with E-state index in [0.717, 1.165) is 43.7 Å². The zero-order valence-corrected chi connectivity index (χ0v) is 12.2. The Hall–Kier alpha value is -1.10. The lowest BCUT2D eigenvalue weighted by molar-refractivity contribution is 0.101. The van der Waals surface area contributed by atoms with Gasteiger partial charge in [-0.15, -0.1) is 0 Å². The predicted octanol–water partition coefficient (Wildman–Crippen LogP) is 2.63. The Morgan fingerprint density at radius 2 is 2.25 bits per heavy atom. The summed E-state index contributed by atoms with van der Waals surface area (Å²) in [5.74, 6) is 0.588. The molecule has 0 aromatic carbocycles. The van der Waals surface area contributed by atoms with Crippen LogP contribution in [-0.2, 0) is 6.54 Å². The van der Waals surface area contributed by atoms with Crippen molar-refractivity contribution in [2.24, 2.45) is 5.92 Å². The summed E-state index contributed by atoms with van der Waals surface area (Å²) in [5.41, 5.74) is 1.93. The van der Waals surface area contributed by atoms with Crippen molar-refractivity contribution in [1.82, 2.24) is 14.7 Å². The van der Waals surface area contributed by atoms with E-state index in [9.17, 15) is 5.11 Å². The number of nitrogens with zero attached hydrogens (tertiary/aromatic N) is 2. The van der Waals surface area contributed by atoms with E-state index >= 15 is 0 Å². The number of hydrogen-bond donors (Lipinski definition) is 2. The fourth-order valence-electron chi connectivity index (χ4n) is 2.95. The Morgan fingerprint density at radius 3 is 3.10 bits per heavy atom. The van der Waals surface area contributed by atoms with Gasteiger partial charge in [0.15, 0.2) is 0 Å². The molecular weight excluding hydrogens is 274 g/mol. The molecule has 0 spiro atoms. The zero-order valence-electron chi connectivity index (χ0n) is 11.4. The third kappa shape index (κ3) is 3.32. The molecule has 2 N–H and O–H groups in total. The molecule has 1 aliphatic rings. The number of fused-ring (bicyclic) bond motifs is 1. The van der Waals surface area contributed by atoms with E-state index in [4.69, 9.17) is 11.6 Å². The second-order valence-electron chi connectivity index (χ2n) is 5.66. The van der Waals surface area contributed by atoms with Crippen LogP contribution in [0.3, 0.4) is 0 Å². The number of imidazole rings is 1. The summed E-state index contributed by atoms with van der Waals surface area (Å²) < 4.78 is 1.95. The second kappa shape index (κ2) is 6.12. The molecule has 2 unspecified atom stereocenters. The molecule has 0 bridgehead atoms. The van der Waals surface area contributed by atoms with Gasteiger partial charge in [0.25, 0.3) is 0 Å². The molecule has 2 heterocycles. The fourth-order valence-corrected chi connectivity index (χ4v) is 3.12. The Bertz CT molecular complexity index is 584. The van der Waals surface area contributed by atoms with Crippen LogP contribution in [0.2, 0.25) is 5.02 Å². The van der Waals surface area contributed by atoms with E-state index in [1.165, 1.54) is 6.42 Å². The van der Waals surface area contributed by atoms with Gasteiger partial charge in [-0.1, -0.05) is 18.0 Å². The molecule has 20 heavy (non-hydrogen) atoms. The molecule has 3 rings (SSSR count). The molecule has 4 nitrogen and oxygen atoms in total. The standard InChI is InChI=1S/C15H20ClN3O/c16-12-4-5-15-18-13(10-19(15)9-12)8-17-7-11-2-1-3-14(20)6-11/h4-5,9-11,14,17,20H,1-3,6-8H2. The Balaban J connectivity index is 1.54. The number of pyridine rings is 1. The first-order valence-electron chi connectivity index (χ1n) is 7.22. The van der Waals surface area contributed by atoms with E-state index in [2.05, 4.69) is 10.3 Å². The summed E-state index contributed by atoms with van der Waals surface area (Å²) in [6, 6.07) is 3.77. The van der Waals surface area contributed by atoms with Gasteiger partial charge in [-0.2, -0.15) is 0 Å². The normalized spacial score (nSPS) is 23.3. The van der Waals surface area contributed by atoms with Crippen molar-refractivity contribution in [3.8, 4) is 0 Å². The van der Waals surface area contributed by atoms with Crippen LogP contribution in [0.25, 0.3) is 5.65 Å². The van der Waals surface area contributed by atoms with E-state index in [1.54, 1.807) is 0 Å². The van der Waals surface area contributed by atoms with Crippen molar-refractivity contribution >= 4 is 17.2 Å². The monoisotopic (exact) mass is 293 g/mol. The summed E-state index contributed by atoms with van der Waals surface area (Å²) >= 11 is 5.96. The van der Waals surface area contributed by atoms with Gasteiger partial charge in [-0.3, -0.25) is 0 Å². The average Bonchev–Trinajstić information content (AvgIpc) is 2.80.